The number of hydrogen-bond acceptors (Lipinski definition) is 6. The molecule has 40 heavy (non-hydrogen) atoms. The first kappa shape index (κ1) is 27.9. The number of nitrogens with zero attached hydrogens (tertiary/aromatic N) is 2. The smallest absolute Gasteiger partial charge is 0.312 e. The number of esters is 1. The summed E-state index contributed by atoms with van der Waals surface area (Å²) >= 11 is 3.54. The highest BCUT2D eigenvalue weighted by molar-refractivity contribution is 9.10. The number of aliphatic hydroxyl groups is 1. The van der Waals surface area contributed by atoms with Crippen molar-refractivity contribution in [2.75, 3.05) is 11.6 Å². The Kier molecular flexibility index (Phi) is 7.50. The van der Waals surface area contributed by atoms with Crippen LogP contribution < -0.4 is 5.01 Å². The zero-order chi connectivity index (χ0) is 28.7. The Bertz CT molecular complexity index is 1460. The van der Waals surface area contributed by atoms with Crippen molar-refractivity contribution in [2.24, 2.45) is 22.4 Å². The fraction of sp³-hybridized carbons (Fsp3) is 0.312. The van der Waals surface area contributed by atoms with Gasteiger partial charge in [-0.25, -0.2) is 0 Å². The Hall–Kier alpha value is -3.62. The molecular weight excluding hydrogens is 572 g/mol. The van der Waals surface area contributed by atoms with Gasteiger partial charge in [0.2, 0.25) is 0 Å². The zero-order valence-corrected chi connectivity index (χ0v) is 24.1. The van der Waals surface area contributed by atoms with E-state index >= 15 is 0 Å². The highest BCUT2D eigenvalue weighted by Crippen LogP contribution is 2.65. The van der Waals surface area contributed by atoms with Gasteiger partial charge in [0.05, 0.1) is 35.4 Å². The summed E-state index contributed by atoms with van der Waals surface area (Å²) in [5.41, 5.74) is -0.986. The summed E-state index contributed by atoms with van der Waals surface area (Å²) in [6.45, 7) is 5.04. The highest BCUT2D eigenvalue weighted by atomic mass is 79.9. The molecule has 6 atom stereocenters. The molecule has 1 aliphatic carbocycles. The van der Waals surface area contributed by atoms with Crippen molar-refractivity contribution in [1.82, 2.24) is 0 Å². The molecule has 1 aliphatic heterocycles. The van der Waals surface area contributed by atoms with Crippen molar-refractivity contribution in [3.05, 3.63) is 101 Å². The summed E-state index contributed by atoms with van der Waals surface area (Å²) in [5, 5.41) is 18.4. The summed E-state index contributed by atoms with van der Waals surface area (Å²) in [7, 11) is 0. The van der Waals surface area contributed by atoms with Gasteiger partial charge in [-0.05, 0) is 56.2 Å². The number of carbonyl (C=O) groups excluding carboxylic acids is 3. The van der Waals surface area contributed by atoms with Crippen LogP contribution in [0.1, 0.15) is 43.7 Å². The van der Waals surface area contributed by atoms with Crippen molar-refractivity contribution >= 4 is 45.5 Å². The maximum Gasteiger partial charge on any atom is 0.312 e. The minimum Gasteiger partial charge on any atom is -0.466 e. The van der Waals surface area contributed by atoms with Gasteiger partial charge in [0.15, 0.2) is 0 Å². The first-order valence-electron chi connectivity index (χ1n) is 13.3. The summed E-state index contributed by atoms with van der Waals surface area (Å²) in [6.07, 6.45) is 0.673. The van der Waals surface area contributed by atoms with E-state index < -0.39 is 40.7 Å². The molecule has 5 rings (SSSR count). The molecule has 206 valence electrons. The Morgan fingerprint density at radius 2 is 1.65 bits per heavy atom. The number of benzene rings is 3. The van der Waals surface area contributed by atoms with E-state index in [1.807, 2.05) is 72.8 Å². The van der Waals surface area contributed by atoms with Gasteiger partial charge in [-0.1, -0.05) is 76.6 Å². The largest absolute Gasteiger partial charge is 0.466 e. The Morgan fingerprint density at radius 3 is 2.25 bits per heavy atom. The van der Waals surface area contributed by atoms with E-state index in [0.717, 1.165) is 4.47 Å². The number of aldehydes is 1. The highest BCUT2D eigenvalue weighted by Gasteiger charge is 2.72. The van der Waals surface area contributed by atoms with Crippen molar-refractivity contribution in [2.45, 2.75) is 38.2 Å². The predicted molar refractivity (Wildman–Crippen MR) is 156 cm³/mol. The molecule has 0 saturated heterocycles. The van der Waals surface area contributed by atoms with Crippen molar-refractivity contribution in [3.8, 4) is 0 Å². The van der Waals surface area contributed by atoms with E-state index in [4.69, 9.17) is 9.84 Å². The third-order valence-corrected chi connectivity index (χ3v) is 8.92. The van der Waals surface area contributed by atoms with E-state index in [1.54, 1.807) is 26.0 Å². The molecule has 0 aromatic heterocycles. The van der Waals surface area contributed by atoms with E-state index in [1.165, 1.54) is 11.9 Å². The molecule has 2 aliphatic rings. The van der Waals surface area contributed by atoms with Crippen LogP contribution >= 0.6 is 15.9 Å². The molecule has 1 saturated carbocycles. The maximum atomic E-state index is 15.0. The van der Waals surface area contributed by atoms with Crippen LogP contribution in [0.4, 0.5) is 5.69 Å². The van der Waals surface area contributed by atoms with Crippen LogP contribution in [0, 0.1) is 17.3 Å². The summed E-state index contributed by atoms with van der Waals surface area (Å²) in [4.78, 5) is 41.8. The normalized spacial score (nSPS) is 29.8. The SMILES string of the molecule is CCOC(=O)[C@H]1[C@H](c2ccccc2)[C@]2(C(=O)N(c3ccccc3)N=C2C)[C@H](c2cccc(Br)c2)[C@@H](C=O)[C@@]1(C)O. The average Bonchev–Trinajstić information content (AvgIpc) is 3.20. The van der Waals surface area contributed by atoms with Gasteiger partial charge in [-0.2, -0.15) is 10.1 Å². The van der Waals surface area contributed by atoms with Crippen LogP contribution in [-0.2, 0) is 19.1 Å². The Morgan fingerprint density at radius 1 is 1.02 bits per heavy atom. The fourth-order valence-corrected chi connectivity index (χ4v) is 7.22. The second-order valence-corrected chi connectivity index (χ2v) is 11.5. The van der Waals surface area contributed by atoms with Crippen LogP contribution in [0.5, 0.6) is 0 Å². The lowest BCUT2D eigenvalue weighted by molar-refractivity contribution is -0.179. The van der Waals surface area contributed by atoms with Crippen LogP contribution in [0.3, 0.4) is 0 Å². The molecule has 3 aromatic rings. The standard InChI is InChI=1S/C32H31BrN2O5/c1-4-40-29(37)28-27(21-12-7-5-8-13-21)32(20(2)34-35(30(32)38)24-16-9-6-10-17-24)26(25(19-36)31(28,3)39)22-14-11-15-23(33)18-22/h5-19,25-28,39H,4H2,1-3H3/t25-,26-,27+,28-,31-,32-/m1/s1. The lowest BCUT2D eigenvalue weighted by Gasteiger charge is -2.57. The molecule has 1 N–H and O–H groups in total. The third kappa shape index (κ3) is 4.21. The zero-order valence-electron chi connectivity index (χ0n) is 22.5. The van der Waals surface area contributed by atoms with Gasteiger partial charge in [-0.3, -0.25) is 9.59 Å². The fourth-order valence-electron chi connectivity index (χ4n) is 6.80. The number of amides is 1. The topological polar surface area (TPSA) is 96.3 Å². The lowest BCUT2D eigenvalue weighted by Crippen LogP contribution is -2.66. The van der Waals surface area contributed by atoms with Crippen molar-refractivity contribution in [3.63, 3.8) is 0 Å². The Labute approximate surface area is 242 Å². The van der Waals surface area contributed by atoms with E-state index in [9.17, 15) is 19.5 Å². The summed E-state index contributed by atoms with van der Waals surface area (Å²) in [5.74, 6) is -5.16. The second kappa shape index (κ2) is 10.7. The number of carbonyl (C=O) groups is 3. The van der Waals surface area contributed by atoms with Gasteiger partial charge >= 0.3 is 5.97 Å². The van der Waals surface area contributed by atoms with Gasteiger partial charge in [0.1, 0.15) is 11.7 Å². The Balaban J connectivity index is 1.89. The number of hydrogen-bond donors (Lipinski definition) is 1. The molecule has 0 unspecified atom stereocenters. The first-order chi connectivity index (χ1) is 19.2. The molecule has 1 fully saturated rings. The number of anilines is 1. The number of hydrazone groups is 1. The number of para-hydroxylation sites is 1. The molecule has 1 spiro atoms. The lowest BCUT2D eigenvalue weighted by atomic mass is 9.44. The number of ether oxygens (including phenoxy) is 1. The first-order valence-corrected chi connectivity index (χ1v) is 14.1. The average molecular weight is 604 g/mol. The van der Waals surface area contributed by atoms with Gasteiger partial charge in [0, 0.05) is 16.3 Å². The second-order valence-electron chi connectivity index (χ2n) is 10.5. The molecule has 1 heterocycles. The summed E-state index contributed by atoms with van der Waals surface area (Å²) in [6, 6.07) is 25.7. The number of halogens is 1. The molecule has 0 radical (unpaired) electrons. The van der Waals surface area contributed by atoms with E-state index in [2.05, 4.69) is 15.9 Å². The van der Waals surface area contributed by atoms with Crippen molar-refractivity contribution in [1.29, 1.82) is 0 Å². The van der Waals surface area contributed by atoms with Crippen LogP contribution in [-0.4, -0.2) is 41.2 Å². The number of rotatable bonds is 6. The van der Waals surface area contributed by atoms with E-state index in [-0.39, 0.29) is 12.5 Å². The van der Waals surface area contributed by atoms with Crippen LogP contribution in [0.2, 0.25) is 0 Å². The molecular formula is C32H31BrN2O5. The summed E-state index contributed by atoms with van der Waals surface area (Å²) < 4.78 is 6.28. The third-order valence-electron chi connectivity index (χ3n) is 8.43. The van der Waals surface area contributed by atoms with Crippen LogP contribution in [0.15, 0.2) is 94.5 Å². The predicted octanol–water partition coefficient (Wildman–Crippen LogP) is 5.48. The maximum absolute atomic E-state index is 15.0. The molecule has 7 nitrogen and oxygen atoms in total. The molecule has 1 amide bonds. The van der Waals surface area contributed by atoms with Crippen LogP contribution in [0.25, 0.3) is 0 Å². The van der Waals surface area contributed by atoms with Gasteiger partial charge in [-0.15, -0.1) is 0 Å². The quantitative estimate of drug-likeness (QED) is 0.297. The minimum atomic E-state index is -1.85. The minimum absolute atomic E-state index is 0.0812. The van der Waals surface area contributed by atoms with Gasteiger partial charge in [0.25, 0.3) is 5.91 Å². The van der Waals surface area contributed by atoms with E-state index in [0.29, 0.717) is 28.8 Å². The van der Waals surface area contributed by atoms with Gasteiger partial charge < -0.3 is 14.6 Å². The monoisotopic (exact) mass is 602 g/mol. The molecule has 8 heteroatoms. The molecule has 0 bridgehead atoms. The molecule has 3 aromatic carbocycles. The van der Waals surface area contributed by atoms with Crippen molar-refractivity contribution < 1.29 is 24.2 Å².